The average molecular weight is 245 g/mol. The quantitative estimate of drug-likeness (QED) is 0.749. The largest absolute Gasteiger partial charge is 0.319 e. The van der Waals surface area contributed by atoms with Crippen molar-refractivity contribution in [2.24, 2.45) is 5.92 Å². The Kier molecular flexibility index (Phi) is 4.71. The van der Waals surface area contributed by atoms with E-state index in [1.165, 1.54) is 4.31 Å². The molecule has 6 heteroatoms. The monoisotopic (exact) mass is 245 g/mol. The Labute approximate surface area is 97.5 Å². The summed E-state index contributed by atoms with van der Waals surface area (Å²) in [5, 5.41) is 11.0. The molecule has 1 rings (SSSR count). The molecular weight excluding hydrogens is 226 g/mol. The molecule has 0 aliphatic carbocycles. The van der Waals surface area contributed by atoms with Gasteiger partial charge >= 0.3 is 0 Å². The maximum Gasteiger partial charge on any atom is 0.230 e. The number of hydrogen-bond acceptors (Lipinski definition) is 4. The van der Waals surface area contributed by atoms with Gasteiger partial charge in [-0.1, -0.05) is 6.92 Å². The van der Waals surface area contributed by atoms with Crippen LogP contribution in [0.4, 0.5) is 0 Å². The number of rotatable bonds is 5. The zero-order chi connectivity index (χ0) is 12.2. The first-order valence-corrected chi connectivity index (χ1v) is 7.09. The summed E-state index contributed by atoms with van der Waals surface area (Å²) < 4.78 is 25.5. The van der Waals surface area contributed by atoms with E-state index in [2.05, 4.69) is 5.32 Å². The van der Waals surface area contributed by atoms with Gasteiger partial charge in [-0.05, 0) is 32.4 Å². The van der Waals surface area contributed by atoms with E-state index in [-0.39, 0.29) is 0 Å². The molecule has 0 aromatic carbocycles. The van der Waals surface area contributed by atoms with E-state index < -0.39 is 15.3 Å². The number of nitrogens with zero attached hydrogens (tertiary/aromatic N) is 2. The summed E-state index contributed by atoms with van der Waals surface area (Å²) in [5.41, 5.74) is 0. The van der Waals surface area contributed by atoms with Crippen molar-refractivity contribution < 1.29 is 8.42 Å². The summed E-state index contributed by atoms with van der Waals surface area (Å²) in [7, 11) is -1.55. The smallest absolute Gasteiger partial charge is 0.230 e. The third kappa shape index (κ3) is 2.73. The molecule has 0 bridgehead atoms. The molecule has 0 amide bonds. The molecular formula is C10H19N3O2S. The van der Waals surface area contributed by atoms with Gasteiger partial charge < -0.3 is 5.32 Å². The Morgan fingerprint density at radius 2 is 2.31 bits per heavy atom. The van der Waals surface area contributed by atoms with E-state index in [4.69, 9.17) is 5.26 Å². The molecule has 0 radical (unpaired) electrons. The summed E-state index contributed by atoms with van der Waals surface area (Å²) in [6.07, 6.45) is 1.23. The highest BCUT2D eigenvalue weighted by Crippen LogP contribution is 2.22. The Morgan fingerprint density at radius 3 is 2.81 bits per heavy atom. The van der Waals surface area contributed by atoms with E-state index >= 15 is 0 Å². The maximum atomic E-state index is 12.0. The van der Waals surface area contributed by atoms with E-state index in [0.717, 1.165) is 13.0 Å². The molecule has 1 aliphatic rings. The molecule has 0 aromatic rings. The molecule has 1 aliphatic heterocycles. The maximum absolute atomic E-state index is 12.0. The highest BCUT2D eigenvalue weighted by molar-refractivity contribution is 7.90. The number of nitriles is 1. The van der Waals surface area contributed by atoms with Gasteiger partial charge in [0.15, 0.2) is 5.25 Å². The molecule has 92 valence electrons. The molecule has 1 N–H and O–H groups in total. The van der Waals surface area contributed by atoms with Crippen LogP contribution in [0.25, 0.3) is 0 Å². The number of nitrogens with one attached hydrogen (secondary N) is 1. The first kappa shape index (κ1) is 13.4. The van der Waals surface area contributed by atoms with Crippen LogP contribution < -0.4 is 5.32 Å². The summed E-state index contributed by atoms with van der Waals surface area (Å²) in [4.78, 5) is 0. The fourth-order valence-corrected chi connectivity index (χ4v) is 3.72. The van der Waals surface area contributed by atoms with Crippen LogP contribution >= 0.6 is 0 Å². The van der Waals surface area contributed by atoms with Gasteiger partial charge in [-0.3, -0.25) is 0 Å². The van der Waals surface area contributed by atoms with Crippen LogP contribution in [0.1, 0.15) is 19.8 Å². The second-order valence-electron chi connectivity index (χ2n) is 4.14. The van der Waals surface area contributed by atoms with Gasteiger partial charge in [0, 0.05) is 13.1 Å². The van der Waals surface area contributed by atoms with Gasteiger partial charge in [0.1, 0.15) is 0 Å². The molecule has 0 spiro atoms. The first-order chi connectivity index (χ1) is 7.56. The average Bonchev–Trinajstić information content (AvgIpc) is 2.69. The predicted molar refractivity (Wildman–Crippen MR) is 62.2 cm³/mol. The minimum atomic E-state index is -3.41. The van der Waals surface area contributed by atoms with Crippen molar-refractivity contribution in [3.8, 4) is 6.07 Å². The van der Waals surface area contributed by atoms with E-state index in [0.29, 0.717) is 25.4 Å². The summed E-state index contributed by atoms with van der Waals surface area (Å²) in [5.74, 6) is 0.371. The predicted octanol–water partition coefficient (Wildman–Crippen LogP) is 0.160. The number of hydrogen-bond donors (Lipinski definition) is 1. The fraction of sp³-hybridized carbons (Fsp3) is 0.900. The number of sulfonamides is 1. The molecule has 2 atom stereocenters. The van der Waals surface area contributed by atoms with Crippen molar-refractivity contribution in [3.05, 3.63) is 0 Å². The van der Waals surface area contributed by atoms with Gasteiger partial charge in [0.2, 0.25) is 10.0 Å². The Bertz CT molecular complexity index is 361. The summed E-state index contributed by atoms with van der Waals surface area (Å²) in [6.45, 7) is 3.65. The highest BCUT2D eigenvalue weighted by atomic mass is 32.2. The summed E-state index contributed by atoms with van der Waals surface area (Å²) >= 11 is 0. The minimum Gasteiger partial charge on any atom is -0.319 e. The fourth-order valence-electron chi connectivity index (χ4n) is 2.03. The summed E-state index contributed by atoms with van der Waals surface area (Å²) in [6, 6.07) is 1.87. The van der Waals surface area contributed by atoms with Crippen LogP contribution in [0.5, 0.6) is 0 Å². The van der Waals surface area contributed by atoms with Crippen LogP contribution in [-0.2, 0) is 10.0 Å². The van der Waals surface area contributed by atoms with Gasteiger partial charge in [-0.25, -0.2) is 12.7 Å². The molecule has 16 heavy (non-hydrogen) atoms. The Hall–Kier alpha value is -0.640. The van der Waals surface area contributed by atoms with Crippen LogP contribution in [0.15, 0.2) is 0 Å². The lowest BCUT2D eigenvalue weighted by atomic mass is 10.1. The lowest BCUT2D eigenvalue weighted by Gasteiger charge is -2.19. The zero-order valence-corrected chi connectivity index (χ0v) is 10.6. The van der Waals surface area contributed by atoms with Crippen molar-refractivity contribution in [3.63, 3.8) is 0 Å². The molecule has 0 saturated carbocycles. The third-order valence-corrected chi connectivity index (χ3v) is 5.18. The van der Waals surface area contributed by atoms with Gasteiger partial charge in [0.05, 0.1) is 6.07 Å². The van der Waals surface area contributed by atoms with Crippen LogP contribution in [-0.4, -0.2) is 44.7 Å². The van der Waals surface area contributed by atoms with E-state index in [9.17, 15) is 8.42 Å². The highest BCUT2D eigenvalue weighted by Gasteiger charge is 2.35. The molecule has 1 fully saturated rings. The Balaban J connectivity index is 2.69. The van der Waals surface area contributed by atoms with Crippen molar-refractivity contribution in [2.75, 3.05) is 26.7 Å². The van der Waals surface area contributed by atoms with Crippen molar-refractivity contribution in [1.82, 2.24) is 9.62 Å². The molecule has 2 unspecified atom stereocenters. The van der Waals surface area contributed by atoms with E-state index in [1.54, 1.807) is 6.92 Å². The molecule has 1 heterocycles. The normalized spacial score (nSPS) is 24.2. The van der Waals surface area contributed by atoms with Crippen molar-refractivity contribution in [2.45, 2.75) is 25.0 Å². The van der Waals surface area contributed by atoms with Gasteiger partial charge in [-0.2, -0.15) is 5.26 Å². The standard InChI is InChI=1S/C10H19N3O2S/c1-3-10(6-11)16(14,15)13-5-4-9(8-13)7-12-2/h9-10,12H,3-5,7-8H2,1-2H3. The lowest BCUT2D eigenvalue weighted by Crippen LogP contribution is -2.37. The molecule has 5 nitrogen and oxygen atoms in total. The first-order valence-electron chi connectivity index (χ1n) is 5.59. The van der Waals surface area contributed by atoms with Crippen LogP contribution in [0.3, 0.4) is 0 Å². The SMILES string of the molecule is CCC(C#N)S(=O)(=O)N1CCC(CNC)C1. The van der Waals surface area contributed by atoms with E-state index in [1.807, 2.05) is 13.1 Å². The zero-order valence-electron chi connectivity index (χ0n) is 9.81. The minimum absolute atomic E-state index is 0.353. The third-order valence-electron chi connectivity index (χ3n) is 2.98. The second kappa shape index (κ2) is 5.62. The van der Waals surface area contributed by atoms with Gasteiger partial charge in [-0.15, -0.1) is 0 Å². The molecule has 1 saturated heterocycles. The Morgan fingerprint density at radius 1 is 1.62 bits per heavy atom. The van der Waals surface area contributed by atoms with Crippen molar-refractivity contribution in [1.29, 1.82) is 5.26 Å². The van der Waals surface area contributed by atoms with Crippen molar-refractivity contribution >= 4 is 10.0 Å². The topological polar surface area (TPSA) is 73.2 Å². The molecule has 0 aromatic heterocycles. The van der Waals surface area contributed by atoms with Crippen LogP contribution in [0.2, 0.25) is 0 Å². The van der Waals surface area contributed by atoms with Gasteiger partial charge in [0.25, 0.3) is 0 Å². The second-order valence-corrected chi connectivity index (χ2v) is 6.26. The lowest BCUT2D eigenvalue weighted by molar-refractivity contribution is 0.446. The van der Waals surface area contributed by atoms with Crippen LogP contribution in [0, 0.1) is 17.2 Å².